The first-order chi connectivity index (χ1) is 8.29. The van der Waals surface area contributed by atoms with E-state index in [1.807, 2.05) is 37.3 Å². The number of nitrogens with one attached hydrogen (secondary N) is 1. The number of nitrogens with zero attached hydrogens (tertiary/aromatic N) is 1. The molecule has 0 aliphatic rings. The van der Waals surface area contributed by atoms with Crippen LogP contribution in [0.3, 0.4) is 0 Å². The number of hydrogen-bond donors (Lipinski definition) is 2. The largest absolute Gasteiger partial charge is 0.366 e. The molecule has 1 aromatic heterocycles. The number of aromatic nitrogens is 1. The first kappa shape index (κ1) is 11.6. The fraction of sp³-hybridized carbons (Fsp3) is 0.214. The fourth-order valence-electron chi connectivity index (χ4n) is 1.69. The van der Waals surface area contributed by atoms with Gasteiger partial charge in [-0.2, -0.15) is 0 Å². The number of benzene rings is 1. The highest BCUT2D eigenvalue weighted by Crippen LogP contribution is 2.11. The Morgan fingerprint density at radius 3 is 2.53 bits per heavy atom. The summed E-state index contributed by atoms with van der Waals surface area (Å²) in [5.74, 6) is 0.892. The summed E-state index contributed by atoms with van der Waals surface area (Å²) < 4.78 is 0. The third kappa shape index (κ3) is 3.04. The predicted octanol–water partition coefficient (Wildman–Crippen LogP) is 2.46. The van der Waals surface area contributed by atoms with Crippen molar-refractivity contribution in [2.45, 2.75) is 20.0 Å². The van der Waals surface area contributed by atoms with Gasteiger partial charge in [0.25, 0.3) is 0 Å². The average molecular weight is 227 g/mol. The maximum atomic E-state index is 5.61. The Bertz CT molecular complexity index is 480. The summed E-state index contributed by atoms with van der Waals surface area (Å²) in [6.07, 6.45) is 0. The number of rotatable bonds is 4. The molecule has 0 spiro atoms. The van der Waals surface area contributed by atoms with Gasteiger partial charge in [0.1, 0.15) is 5.82 Å². The number of pyridine rings is 1. The van der Waals surface area contributed by atoms with Crippen molar-refractivity contribution < 1.29 is 0 Å². The molecule has 3 nitrogen and oxygen atoms in total. The number of anilines is 1. The lowest BCUT2D eigenvalue weighted by molar-refractivity contribution is 0.998. The van der Waals surface area contributed by atoms with Crippen LogP contribution in [0.2, 0.25) is 0 Å². The van der Waals surface area contributed by atoms with Crippen molar-refractivity contribution in [1.82, 2.24) is 4.98 Å². The van der Waals surface area contributed by atoms with Gasteiger partial charge in [-0.3, -0.25) is 0 Å². The van der Waals surface area contributed by atoms with Crippen LogP contribution in [0.15, 0.2) is 42.5 Å². The molecular weight excluding hydrogens is 210 g/mol. The van der Waals surface area contributed by atoms with E-state index < -0.39 is 0 Å². The molecule has 0 unspecified atom stereocenters. The highest BCUT2D eigenvalue weighted by Gasteiger charge is 1.99. The number of nitrogens with two attached hydrogens (primary N) is 1. The van der Waals surface area contributed by atoms with Gasteiger partial charge >= 0.3 is 0 Å². The topological polar surface area (TPSA) is 50.9 Å². The minimum Gasteiger partial charge on any atom is -0.366 e. The second-order valence-electron chi connectivity index (χ2n) is 3.98. The maximum absolute atomic E-state index is 5.61. The van der Waals surface area contributed by atoms with E-state index in [2.05, 4.69) is 22.4 Å². The summed E-state index contributed by atoms with van der Waals surface area (Å²) in [6.45, 7) is 3.31. The Kier molecular flexibility index (Phi) is 3.73. The Morgan fingerprint density at radius 1 is 1.12 bits per heavy atom. The van der Waals surface area contributed by atoms with Crippen LogP contribution in [-0.4, -0.2) is 4.98 Å². The van der Waals surface area contributed by atoms with E-state index in [-0.39, 0.29) is 0 Å². The summed E-state index contributed by atoms with van der Waals surface area (Å²) in [5, 5.41) is 3.30. The summed E-state index contributed by atoms with van der Waals surface area (Å²) >= 11 is 0. The monoisotopic (exact) mass is 227 g/mol. The van der Waals surface area contributed by atoms with Gasteiger partial charge in [-0.1, -0.05) is 36.4 Å². The zero-order valence-electron chi connectivity index (χ0n) is 9.98. The molecule has 0 atom stereocenters. The molecule has 0 aliphatic heterocycles. The average Bonchev–Trinajstić information content (AvgIpc) is 2.38. The number of hydrogen-bond acceptors (Lipinski definition) is 3. The van der Waals surface area contributed by atoms with Gasteiger partial charge in [-0.05, 0) is 24.1 Å². The van der Waals surface area contributed by atoms with Gasteiger partial charge in [0, 0.05) is 18.8 Å². The predicted molar refractivity (Wildman–Crippen MR) is 70.6 cm³/mol. The highest BCUT2D eigenvalue weighted by atomic mass is 15.0. The molecule has 0 fully saturated rings. The molecule has 0 aliphatic carbocycles. The van der Waals surface area contributed by atoms with E-state index in [1.165, 1.54) is 5.56 Å². The normalized spacial score (nSPS) is 10.2. The van der Waals surface area contributed by atoms with Crippen molar-refractivity contribution in [2.24, 2.45) is 5.73 Å². The van der Waals surface area contributed by atoms with Crippen LogP contribution in [0, 0.1) is 6.92 Å². The summed E-state index contributed by atoms with van der Waals surface area (Å²) in [5.41, 5.74) is 8.93. The Hall–Kier alpha value is -1.87. The van der Waals surface area contributed by atoms with E-state index in [1.54, 1.807) is 0 Å². The smallest absolute Gasteiger partial charge is 0.126 e. The maximum Gasteiger partial charge on any atom is 0.126 e. The molecule has 3 N–H and O–H groups in total. The van der Waals surface area contributed by atoms with Crippen molar-refractivity contribution in [1.29, 1.82) is 0 Å². The molecule has 0 saturated heterocycles. The SMILES string of the molecule is Cc1nc(NCc2ccccc2)ccc1CN. The molecule has 17 heavy (non-hydrogen) atoms. The van der Waals surface area contributed by atoms with E-state index in [4.69, 9.17) is 5.73 Å². The van der Waals surface area contributed by atoms with Crippen molar-refractivity contribution in [3.05, 3.63) is 59.3 Å². The minimum atomic E-state index is 0.539. The molecule has 0 bridgehead atoms. The van der Waals surface area contributed by atoms with Crippen molar-refractivity contribution in [3.8, 4) is 0 Å². The molecule has 2 rings (SSSR count). The third-order valence-electron chi connectivity index (χ3n) is 2.73. The zero-order chi connectivity index (χ0) is 12.1. The van der Waals surface area contributed by atoms with E-state index in [9.17, 15) is 0 Å². The van der Waals surface area contributed by atoms with Gasteiger partial charge < -0.3 is 11.1 Å². The van der Waals surface area contributed by atoms with Crippen molar-refractivity contribution in [3.63, 3.8) is 0 Å². The molecular formula is C14H17N3. The van der Waals surface area contributed by atoms with Gasteiger partial charge in [0.2, 0.25) is 0 Å². The first-order valence-corrected chi connectivity index (χ1v) is 5.74. The van der Waals surface area contributed by atoms with Gasteiger partial charge in [-0.25, -0.2) is 4.98 Å². The minimum absolute atomic E-state index is 0.539. The van der Waals surface area contributed by atoms with Crippen LogP contribution in [0.5, 0.6) is 0 Å². The molecule has 0 radical (unpaired) electrons. The zero-order valence-corrected chi connectivity index (χ0v) is 9.98. The fourth-order valence-corrected chi connectivity index (χ4v) is 1.69. The molecule has 1 heterocycles. The quantitative estimate of drug-likeness (QED) is 0.843. The molecule has 88 valence electrons. The Morgan fingerprint density at radius 2 is 1.88 bits per heavy atom. The van der Waals surface area contributed by atoms with Crippen molar-refractivity contribution in [2.75, 3.05) is 5.32 Å². The number of aryl methyl sites for hydroxylation is 1. The summed E-state index contributed by atoms with van der Waals surface area (Å²) in [6, 6.07) is 14.3. The second kappa shape index (κ2) is 5.46. The van der Waals surface area contributed by atoms with Gasteiger partial charge in [-0.15, -0.1) is 0 Å². The van der Waals surface area contributed by atoms with Crippen molar-refractivity contribution >= 4 is 5.82 Å². The molecule has 1 aromatic carbocycles. The van der Waals surface area contributed by atoms with Gasteiger partial charge in [0.05, 0.1) is 0 Å². The molecule has 0 amide bonds. The van der Waals surface area contributed by atoms with Crippen LogP contribution in [0.25, 0.3) is 0 Å². The lowest BCUT2D eigenvalue weighted by Gasteiger charge is -2.08. The highest BCUT2D eigenvalue weighted by molar-refractivity contribution is 5.39. The van der Waals surface area contributed by atoms with Crippen LogP contribution < -0.4 is 11.1 Å². The first-order valence-electron chi connectivity index (χ1n) is 5.74. The Balaban J connectivity index is 2.02. The lowest BCUT2D eigenvalue weighted by Crippen LogP contribution is -2.05. The molecule has 3 heteroatoms. The standard InChI is InChI=1S/C14H17N3/c1-11-13(9-15)7-8-14(17-11)16-10-12-5-3-2-4-6-12/h2-8H,9-10,15H2,1H3,(H,16,17). The third-order valence-corrected chi connectivity index (χ3v) is 2.73. The Labute approximate surface area is 102 Å². The van der Waals surface area contributed by atoms with Crippen LogP contribution in [0.4, 0.5) is 5.82 Å². The second-order valence-corrected chi connectivity index (χ2v) is 3.98. The van der Waals surface area contributed by atoms with Crippen LogP contribution >= 0.6 is 0 Å². The van der Waals surface area contributed by atoms with Crippen LogP contribution in [0.1, 0.15) is 16.8 Å². The van der Waals surface area contributed by atoms with Gasteiger partial charge in [0.15, 0.2) is 0 Å². The van der Waals surface area contributed by atoms with Crippen LogP contribution in [-0.2, 0) is 13.1 Å². The lowest BCUT2D eigenvalue weighted by atomic mass is 10.2. The van der Waals surface area contributed by atoms with E-state index >= 15 is 0 Å². The summed E-state index contributed by atoms with van der Waals surface area (Å²) in [4.78, 5) is 4.47. The van der Waals surface area contributed by atoms with E-state index in [0.717, 1.165) is 23.6 Å². The molecule has 2 aromatic rings. The molecule has 0 saturated carbocycles. The van der Waals surface area contributed by atoms with E-state index in [0.29, 0.717) is 6.54 Å². The summed E-state index contributed by atoms with van der Waals surface area (Å²) in [7, 11) is 0.